The monoisotopic (exact) mass is 426 g/mol. The van der Waals surface area contributed by atoms with Crippen molar-refractivity contribution in [3.8, 4) is 17.3 Å². The largest absolute Gasteiger partial charge is 0.334 e. The Morgan fingerprint density at radius 3 is 2.90 bits per heavy atom. The molecule has 5 heterocycles. The van der Waals surface area contributed by atoms with E-state index >= 15 is 0 Å². The summed E-state index contributed by atoms with van der Waals surface area (Å²) in [7, 11) is 0. The highest BCUT2D eigenvalue weighted by molar-refractivity contribution is 8.00. The second-order valence-electron chi connectivity index (χ2n) is 6.69. The molecule has 1 atom stereocenters. The Bertz CT molecular complexity index is 1160. The first-order valence-electron chi connectivity index (χ1n) is 8.97. The van der Waals surface area contributed by atoms with E-state index in [4.69, 9.17) is 5.84 Å². The fourth-order valence-electron chi connectivity index (χ4n) is 3.28. The lowest BCUT2D eigenvalue weighted by Gasteiger charge is -2.13. The molecule has 4 aromatic heterocycles. The third kappa shape index (κ3) is 3.17. The predicted octanol–water partition coefficient (Wildman–Crippen LogP) is 1.89. The normalized spacial score (nSPS) is 15.7. The number of rotatable bonds is 5. The second-order valence-corrected chi connectivity index (χ2v) is 8.66. The Morgan fingerprint density at radius 1 is 1.24 bits per heavy atom. The van der Waals surface area contributed by atoms with Gasteiger partial charge in [0.25, 0.3) is 5.95 Å². The van der Waals surface area contributed by atoms with E-state index in [0.29, 0.717) is 11.1 Å². The third-order valence-electron chi connectivity index (χ3n) is 4.60. The van der Waals surface area contributed by atoms with Crippen LogP contribution in [0, 0.1) is 13.8 Å². The minimum absolute atomic E-state index is 0.221. The van der Waals surface area contributed by atoms with Gasteiger partial charge in [0.2, 0.25) is 5.16 Å². The van der Waals surface area contributed by atoms with Crippen LogP contribution < -0.4 is 5.84 Å². The summed E-state index contributed by atoms with van der Waals surface area (Å²) in [5.74, 6) is 9.29. The Balaban J connectivity index is 1.37. The topological polar surface area (TPSA) is 118 Å². The Kier molecular flexibility index (Phi) is 4.51. The van der Waals surface area contributed by atoms with Gasteiger partial charge in [-0.1, -0.05) is 23.5 Å². The number of hydrogen-bond donors (Lipinski definition) is 1. The number of hydrogen-bond acceptors (Lipinski definition) is 9. The number of nitrogens with zero attached hydrogens (tertiary/aromatic N) is 9. The first kappa shape index (κ1) is 18.2. The summed E-state index contributed by atoms with van der Waals surface area (Å²) >= 11 is 3.27. The zero-order valence-electron chi connectivity index (χ0n) is 15.8. The van der Waals surface area contributed by atoms with Gasteiger partial charge in [0.15, 0.2) is 11.0 Å². The first-order valence-corrected chi connectivity index (χ1v) is 10.9. The van der Waals surface area contributed by atoms with Crippen molar-refractivity contribution >= 4 is 23.5 Å². The second kappa shape index (κ2) is 7.19. The Labute approximate surface area is 174 Å². The van der Waals surface area contributed by atoms with Crippen LogP contribution in [-0.4, -0.2) is 55.9 Å². The van der Waals surface area contributed by atoms with Crippen molar-refractivity contribution in [3.05, 3.63) is 42.0 Å². The van der Waals surface area contributed by atoms with Gasteiger partial charge in [0.1, 0.15) is 0 Å². The standard InChI is InChI=1S/C17H18N10S2/c1-10-6-11(2)27(24-10)15-21-23-17(26(15)18)29-9-13-8-28-16-22-20-14(25(13)16)12-4-3-5-19-7-12/h3-7,13H,8-9,18H2,1-2H3. The van der Waals surface area contributed by atoms with Crippen molar-refractivity contribution in [2.24, 2.45) is 0 Å². The number of aromatic nitrogens is 9. The van der Waals surface area contributed by atoms with Crippen LogP contribution in [0.15, 0.2) is 40.9 Å². The van der Waals surface area contributed by atoms with Crippen LogP contribution in [0.4, 0.5) is 0 Å². The van der Waals surface area contributed by atoms with Gasteiger partial charge in [-0.3, -0.25) is 9.55 Å². The summed E-state index contributed by atoms with van der Waals surface area (Å²) < 4.78 is 5.37. The molecule has 0 spiro atoms. The number of nitrogens with two attached hydrogens (primary N) is 1. The molecular formula is C17H18N10S2. The maximum absolute atomic E-state index is 6.26. The van der Waals surface area contributed by atoms with Crippen LogP contribution >= 0.6 is 23.5 Å². The molecule has 10 nitrogen and oxygen atoms in total. The van der Waals surface area contributed by atoms with Crippen LogP contribution in [0.5, 0.6) is 0 Å². The summed E-state index contributed by atoms with van der Waals surface area (Å²) in [6.45, 7) is 3.90. The summed E-state index contributed by atoms with van der Waals surface area (Å²) in [4.78, 5) is 4.20. The van der Waals surface area contributed by atoms with Gasteiger partial charge in [0, 0.05) is 35.2 Å². The van der Waals surface area contributed by atoms with E-state index in [2.05, 4.69) is 35.0 Å². The van der Waals surface area contributed by atoms with E-state index in [-0.39, 0.29) is 6.04 Å². The molecule has 0 radical (unpaired) electrons. The van der Waals surface area contributed by atoms with Gasteiger partial charge in [-0.25, -0.2) is 9.36 Å². The number of fused-ring (bicyclic) bond motifs is 1. The van der Waals surface area contributed by atoms with E-state index in [0.717, 1.165) is 39.4 Å². The molecule has 1 aliphatic rings. The lowest BCUT2D eigenvalue weighted by molar-refractivity contribution is 0.596. The Morgan fingerprint density at radius 2 is 2.14 bits per heavy atom. The van der Waals surface area contributed by atoms with E-state index in [1.165, 1.54) is 4.68 Å². The fraction of sp³-hybridized carbons (Fsp3) is 0.294. The molecule has 0 bridgehead atoms. The van der Waals surface area contributed by atoms with Crippen molar-refractivity contribution in [1.29, 1.82) is 0 Å². The van der Waals surface area contributed by atoms with E-state index in [1.807, 2.05) is 38.2 Å². The quantitative estimate of drug-likeness (QED) is 0.377. The van der Waals surface area contributed by atoms with Crippen molar-refractivity contribution in [2.45, 2.75) is 30.2 Å². The van der Waals surface area contributed by atoms with E-state index in [1.54, 1.807) is 34.4 Å². The lowest BCUT2D eigenvalue weighted by atomic mass is 10.2. The summed E-state index contributed by atoms with van der Waals surface area (Å²) in [6, 6.07) is 6.10. The molecule has 12 heteroatoms. The molecule has 29 heavy (non-hydrogen) atoms. The SMILES string of the molecule is Cc1cc(C)n(-c2nnc(SCC3CSc4nnc(-c5cccnc5)n43)n2N)n1. The molecule has 148 valence electrons. The zero-order valence-corrected chi connectivity index (χ0v) is 17.4. The van der Waals surface area contributed by atoms with Crippen molar-refractivity contribution in [3.63, 3.8) is 0 Å². The summed E-state index contributed by atoms with van der Waals surface area (Å²) in [5, 5.41) is 23.2. The van der Waals surface area contributed by atoms with Crippen LogP contribution in [0.3, 0.4) is 0 Å². The van der Waals surface area contributed by atoms with Gasteiger partial charge < -0.3 is 5.84 Å². The number of aryl methyl sites for hydroxylation is 2. The number of nitrogen functional groups attached to an aromatic ring is 1. The molecule has 0 saturated heterocycles. The molecular weight excluding hydrogens is 408 g/mol. The lowest BCUT2D eigenvalue weighted by Crippen LogP contribution is -2.18. The molecule has 0 aromatic carbocycles. The van der Waals surface area contributed by atoms with Crippen LogP contribution in [0.1, 0.15) is 17.4 Å². The van der Waals surface area contributed by atoms with Gasteiger partial charge in [0.05, 0.1) is 11.7 Å². The van der Waals surface area contributed by atoms with E-state index < -0.39 is 0 Å². The number of pyridine rings is 1. The van der Waals surface area contributed by atoms with Gasteiger partial charge in [-0.15, -0.1) is 20.4 Å². The minimum Gasteiger partial charge on any atom is -0.334 e. The highest BCUT2D eigenvalue weighted by Gasteiger charge is 2.29. The molecule has 0 aliphatic carbocycles. The first-order chi connectivity index (χ1) is 14.1. The number of thioether (sulfide) groups is 2. The van der Waals surface area contributed by atoms with Crippen LogP contribution in [0.2, 0.25) is 0 Å². The Hall–Kier alpha value is -2.86. The molecule has 0 fully saturated rings. The van der Waals surface area contributed by atoms with Gasteiger partial charge in [-0.05, 0) is 32.0 Å². The average molecular weight is 427 g/mol. The molecule has 2 N–H and O–H groups in total. The molecule has 4 aromatic rings. The summed E-state index contributed by atoms with van der Waals surface area (Å²) in [5.41, 5.74) is 2.82. The van der Waals surface area contributed by atoms with Gasteiger partial charge >= 0.3 is 0 Å². The molecule has 1 aliphatic heterocycles. The third-order valence-corrected chi connectivity index (χ3v) is 6.78. The zero-order chi connectivity index (χ0) is 20.0. The molecule has 0 saturated carbocycles. The van der Waals surface area contributed by atoms with E-state index in [9.17, 15) is 0 Å². The highest BCUT2D eigenvalue weighted by Crippen LogP contribution is 2.38. The van der Waals surface area contributed by atoms with Crippen molar-refractivity contribution in [2.75, 3.05) is 17.3 Å². The molecule has 0 amide bonds. The fourth-order valence-corrected chi connectivity index (χ4v) is 5.44. The maximum Gasteiger partial charge on any atom is 0.271 e. The summed E-state index contributed by atoms with van der Waals surface area (Å²) in [6.07, 6.45) is 3.56. The van der Waals surface area contributed by atoms with Crippen molar-refractivity contribution < 1.29 is 0 Å². The highest BCUT2D eigenvalue weighted by atomic mass is 32.2. The van der Waals surface area contributed by atoms with Gasteiger partial charge in [-0.2, -0.15) is 5.10 Å². The van der Waals surface area contributed by atoms with Crippen LogP contribution in [0.25, 0.3) is 17.3 Å². The van der Waals surface area contributed by atoms with Crippen LogP contribution in [-0.2, 0) is 0 Å². The maximum atomic E-state index is 6.26. The molecule has 1 unspecified atom stereocenters. The smallest absolute Gasteiger partial charge is 0.271 e. The molecule has 5 rings (SSSR count). The minimum atomic E-state index is 0.221. The van der Waals surface area contributed by atoms with Crippen molar-refractivity contribution in [1.82, 2.24) is 44.4 Å². The predicted molar refractivity (Wildman–Crippen MR) is 111 cm³/mol. The average Bonchev–Trinajstić information content (AvgIpc) is 3.46.